The van der Waals surface area contributed by atoms with Crippen LogP contribution >= 0.6 is 11.3 Å². The molecule has 0 fully saturated rings. The summed E-state index contributed by atoms with van der Waals surface area (Å²) >= 11 is 1.26. The summed E-state index contributed by atoms with van der Waals surface area (Å²) in [4.78, 5) is 25.4. The van der Waals surface area contributed by atoms with Crippen LogP contribution < -0.4 is 20.7 Å². The van der Waals surface area contributed by atoms with E-state index >= 15 is 0 Å². The van der Waals surface area contributed by atoms with Crippen molar-refractivity contribution in [3.63, 3.8) is 0 Å². The van der Waals surface area contributed by atoms with Gasteiger partial charge in [-0.15, -0.1) is 10.2 Å². The second-order valence-electron chi connectivity index (χ2n) is 7.77. The molecule has 32 heavy (non-hydrogen) atoms. The van der Waals surface area contributed by atoms with Gasteiger partial charge in [0.25, 0.3) is 0 Å². The first-order valence-corrected chi connectivity index (χ1v) is 11.0. The Morgan fingerprint density at radius 2 is 1.72 bits per heavy atom. The van der Waals surface area contributed by atoms with E-state index in [1.807, 2.05) is 70.2 Å². The van der Waals surface area contributed by atoms with E-state index in [2.05, 4.69) is 26.1 Å². The summed E-state index contributed by atoms with van der Waals surface area (Å²) < 4.78 is 5.16. The van der Waals surface area contributed by atoms with Crippen molar-refractivity contribution in [2.75, 3.05) is 17.7 Å². The maximum atomic E-state index is 12.9. The molecule has 9 heteroatoms. The van der Waals surface area contributed by atoms with Gasteiger partial charge >= 0.3 is 6.03 Å². The lowest BCUT2D eigenvalue weighted by Gasteiger charge is -2.21. The molecule has 0 aliphatic rings. The number of aryl methyl sites for hydroxylation is 2. The first-order valence-electron chi connectivity index (χ1n) is 10.2. The van der Waals surface area contributed by atoms with Crippen molar-refractivity contribution in [3.05, 3.63) is 53.6 Å². The van der Waals surface area contributed by atoms with E-state index in [1.54, 1.807) is 7.11 Å². The van der Waals surface area contributed by atoms with E-state index in [0.717, 1.165) is 22.4 Å². The normalized spacial score (nSPS) is 11.7. The van der Waals surface area contributed by atoms with Gasteiger partial charge in [0.15, 0.2) is 0 Å². The lowest BCUT2D eigenvalue weighted by Crippen LogP contribution is -2.48. The third kappa shape index (κ3) is 5.82. The van der Waals surface area contributed by atoms with Crippen molar-refractivity contribution in [1.29, 1.82) is 0 Å². The molecule has 0 aliphatic heterocycles. The minimum absolute atomic E-state index is 0.131. The van der Waals surface area contributed by atoms with Crippen LogP contribution in [0.25, 0.3) is 10.6 Å². The van der Waals surface area contributed by atoms with Gasteiger partial charge in [0.2, 0.25) is 11.0 Å². The number of ether oxygens (including phenoxy) is 1. The van der Waals surface area contributed by atoms with Gasteiger partial charge in [0, 0.05) is 11.3 Å². The molecule has 3 rings (SSSR count). The van der Waals surface area contributed by atoms with Gasteiger partial charge in [-0.3, -0.25) is 10.1 Å². The zero-order valence-electron chi connectivity index (χ0n) is 18.7. The van der Waals surface area contributed by atoms with Crippen LogP contribution in [0, 0.1) is 19.8 Å². The predicted molar refractivity (Wildman–Crippen MR) is 127 cm³/mol. The van der Waals surface area contributed by atoms with Gasteiger partial charge in [-0.1, -0.05) is 42.9 Å². The van der Waals surface area contributed by atoms with Gasteiger partial charge in [0.05, 0.1) is 7.11 Å². The molecule has 0 spiro atoms. The van der Waals surface area contributed by atoms with Crippen LogP contribution in [0.4, 0.5) is 15.6 Å². The molecule has 1 unspecified atom stereocenters. The smallest absolute Gasteiger partial charge is 0.319 e. The number of methoxy groups -OCH3 is 1. The number of benzene rings is 2. The Bertz CT molecular complexity index is 1100. The van der Waals surface area contributed by atoms with E-state index in [-0.39, 0.29) is 11.8 Å². The molecule has 0 saturated heterocycles. The molecule has 0 aliphatic carbocycles. The first kappa shape index (κ1) is 23.2. The number of carbonyl (C=O) groups excluding carboxylic acids is 2. The molecule has 0 bridgehead atoms. The Morgan fingerprint density at radius 1 is 1.00 bits per heavy atom. The molecule has 8 nitrogen and oxygen atoms in total. The lowest BCUT2D eigenvalue weighted by molar-refractivity contribution is -0.118. The van der Waals surface area contributed by atoms with E-state index in [1.165, 1.54) is 11.3 Å². The number of carbonyl (C=O) groups is 2. The quantitative estimate of drug-likeness (QED) is 0.484. The summed E-state index contributed by atoms with van der Waals surface area (Å²) in [6.45, 7) is 7.64. The summed E-state index contributed by atoms with van der Waals surface area (Å²) in [5.74, 6) is 0.263. The number of hydrogen-bond acceptors (Lipinski definition) is 6. The molecule has 1 atom stereocenters. The third-order valence-corrected chi connectivity index (χ3v) is 5.75. The molecule has 3 N–H and O–H groups in total. The van der Waals surface area contributed by atoms with Crippen molar-refractivity contribution in [3.8, 4) is 16.3 Å². The molecule has 1 aromatic heterocycles. The van der Waals surface area contributed by atoms with Gasteiger partial charge in [-0.2, -0.15) is 0 Å². The number of aromatic nitrogens is 2. The summed E-state index contributed by atoms with van der Waals surface area (Å²) in [6, 6.07) is 12.0. The van der Waals surface area contributed by atoms with Crippen molar-refractivity contribution in [1.82, 2.24) is 15.5 Å². The predicted octanol–water partition coefficient (Wildman–Crippen LogP) is 4.62. The van der Waals surface area contributed by atoms with Crippen LogP contribution in [0.3, 0.4) is 0 Å². The minimum Gasteiger partial charge on any atom is -0.497 e. The number of hydrogen-bond donors (Lipinski definition) is 3. The fourth-order valence-electron chi connectivity index (χ4n) is 3.10. The summed E-state index contributed by atoms with van der Waals surface area (Å²) in [7, 11) is 1.61. The van der Waals surface area contributed by atoms with Crippen LogP contribution in [0.15, 0.2) is 42.5 Å². The largest absolute Gasteiger partial charge is 0.497 e. The molecule has 0 radical (unpaired) electrons. The SMILES string of the molecule is COc1ccc(-c2nnc(NC(=O)C(NC(=O)Nc3ccc(C)cc3C)C(C)C)s2)cc1. The summed E-state index contributed by atoms with van der Waals surface area (Å²) in [5.41, 5.74) is 3.63. The highest BCUT2D eigenvalue weighted by molar-refractivity contribution is 7.18. The molecular weight excluding hydrogens is 426 g/mol. The van der Waals surface area contributed by atoms with Crippen molar-refractivity contribution in [2.24, 2.45) is 5.92 Å². The topological polar surface area (TPSA) is 105 Å². The van der Waals surface area contributed by atoms with Gasteiger partial charge in [0.1, 0.15) is 16.8 Å². The molecule has 1 heterocycles. The second kappa shape index (κ2) is 10.2. The summed E-state index contributed by atoms with van der Waals surface area (Å²) in [5, 5.41) is 17.6. The number of rotatable bonds is 7. The van der Waals surface area contributed by atoms with Crippen LogP contribution in [0.5, 0.6) is 5.75 Å². The average Bonchev–Trinajstić information content (AvgIpc) is 3.22. The zero-order valence-corrected chi connectivity index (χ0v) is 19.5. The standard InChI is InChI=1S/C23H27N5O3S/c1-13(2)19(25-22(30)24-18-11-6-14(3)12-15(18)4)20(29)26-23-28-27-21(32-23)16-7-9-17(31-5)10-8-16/h6-13,19H,1-5H3,(H2,24,25,30)(H,26,28,29). The van der Waals surface area contributed by atoms with Crippen molar-refractivity contribution >= 4 is 34.1 Å². The lowest BCUT2D eigenvalue weighted by atomic mass is 10.0. The van der Waals surface area contributed by atoms with Crippen LogP contribution in [-0.2, 0) is 4.79 Å². The Hall–Kier alpha value is -3.46. The Kier molecular flexibility index (Phi) is 7.42. The van der Waals surface area contributed by atoms with Gasteiger partial charge < -0.3 is 15.4 Å². The zero-order chi connectivity index (χ0) is 23.3. The number of anilines is 2. The van der Waals surface area contributed by atoms with Crippen LogP contribution in [-0.4, -0.2) is 35.3 Å². The summed E-state index contributed by atoms with van der Waals surface area (Å²) in [6.07, 6.45) is 0. The van der Waals surface area contributed by atoms with E-state index in [0.29, 0.717) is 15.8 Å². The average molecular weight is 454 g/mol. The highest BCUT2D eigenvalue weighted by Crippen LogP contribution is 2.28. The third-order valence-electron chi connectivity index (χ3n) is 4.86. The molecule has 3 amide bonds. The maximum Gasteiger partial charge on any atom is 0.319 e. The monoisotopic (exact) mass is 453 g/mol. The Labute approximate surface area is 191 Å². The highest BCUT2D eigenvalue weighted by atomic mass is 32.1. The van der Waals surface area contributed by atoms with Crippen molar-refractivity contribution < 1.29 is 14.3 Å². The van der Waals surface area contributed by atoms with E-state index < -0.39 is 12.1 Å². The van der Waals surface area contributed by atoms with Gasteiger partial charge in [-0.05, 0) is 55.7 Å². The molecule has 3 aromatic rings. The highest BCUT2D eigenvalue weighted by Gasteiger charge is 2.25. The fraction of sp³-hybridized carbons (Fsp3) is 0.304. The number of nitrogens with one attached hydrogen (secondary N) is 3. The number of urea groups is 1. The second-order valence-corrected chi connectivity index (χ2v) is 8.75. The Morgan fingerprint density at radius 3 is 2.34 bits per heavy atom. The number of nitrogens with zero attached hydrogens (tertiary/aromatic N) is 2. The molecule has 2 aromatic carbocycles. The van der Waals surface area contributed by atoms with Crippen LogP contribution in [0.2, 0.25) is 0 Å². The molecular formula is C23H27N5O3S. The van der Waals surface area contributed by atoms with Crippen LogP contribution in [0.1, 0.15) is 25.0 Å². The maximum absolute atomic E-state index is 12.9. The number of amides is 3. The van der Waals surface area contributed by atoms with E-state index in [9.17, 15) is 9.59 Å². The molecule has 0 saturated carbocycles. The minimum atomic E-state index is -0.742. The molecule has 168 valence electrons. The Balaban J connectivity index is 1.64. The first-order chi connectivity index (χ1) is 15.3. The van der Waals surface area contributed by atoms with Gasteiger partial charge in [-0.25, -0.2) is 4.79 Å². The van der Waals surface area contributed by atoms with E-state index in [4.69, 9.17) is 4.74 Å². The fourth-order valence-corrected chi connectivity index (χ4v) is 3.85. The van der Waals surface area contributed by atoms with Crippen molar-refractivity contribution in [2.45, 2.75) is 33.7 Å².